The second-order valence-electron chi connectivity index (χ2n) is 4.52. The van der Waals surface area contributed by atoms with Gasteiger partial charge in [0.2, 0.25) is 0 Å². The molecule has 0 aliphatic carbocycles. The van der Waals surface area contributed by atoms with E-state index in [1.54, 1.807) is 12.1 Å². The topological polar surface area (TPSA) is 97.5 Å². The molecule has 7 nitrogen and oxygen atoms in total. The van der Waals surface area contributed by atoms with Crippen LogP contribution in [0.5, 0.6) is 0 Å². The molecule has 1 amide bonds. The van der Waals surface area contributed by atoms with Gasteiger partial charge >= 0.3 is 5.00 Å². The lowest BCUT2D eigenvalue weighted by Gasteiger charge is -2.01. The Balaban J connectivity index is 1.70. The van der Waals surface area contributed by atoms with Crippen molar-refractivity contribution in [3.8, 4) is 0 Å². The van der Waals surface area contributed by atoms with Crippen LogP contribution < -0.4 is 5.43 Å². The normalized spacial score (nSPS) is 11.0. The van der Waals surface area contributed by atoms with Gasteiger partial charge in [-0.15, -0.1) is 0 Å². The first kappa shape index (κ1) is 14.8. The highest BCUT2D eigenvalue weighted by molar-refractivity contribution is 7.16. The van der Waals surface area contributed by atoms with Crippen LogP contribution in [0.15, 0.2) is 53.6 Å². The van der Waals surface area contributed by atoms with Crippen molar-refractivity contribution in [3.05, 3.63) is 69.2 Å². The molecule has 1 N–H and O–H groups in total. The molecule has 0 saturated heterocycles. The summed E-state index contributed by atoms with van der Waals surface area (Å²) in [7, 11) is 0. The van der Waals surface area contributed by atoms with E-state index in [2.05, 4.69) is 15.5 Å². The Labute approximate surface area is 134 Å². The number of benzene rings is 1. The maximum atomic E-state index is 12.0. The maximum Gasteiger partial charge on any atom is 0.324 e. The maximum absolute atomic E-state index is 12.0. The zero-order valence-electron chi connectivity index (χ0n) is 11.7. The van der Waals surface area contributed by atoms with Crippen molar-refractivity contribution in [2.24, 2.45) is 5.10 Å². The van der Waals surface area contributed by atoms with Gasteiger partial charge in [-0.1, -0.05) is 35.6 Å². The number of para-hydroxylation sites is 1. The molecule has 3 rings (SSSR count). The zero-order valence-corrected chi connectivity index (χ0v) is 12.5. The van der Waals surface area contributed by atoms with Crippen LogP contribution in [0.4, 0.5) is 5.00 Å². The van der Waals surface area contributed by atoms with Gasteiger partial charge in [0.25, 0.3) is 5.91 Å². The van der Waals surface area contributed by atoms with E-state index in [1.165, 1.54) is 12.3 Å². The van der Waals surface area contributed by atoms with Crippen LogP contribution >= 0.6 is 11.3 Å². The smallest absolute Gasteiger partial charge is 0.266 e. The molecule has 0 aliphatic heterocycles. The van der Waals surface area contributed by atoms with Crippen molar-refractivity contribution in [2.45, 2.75) is 0 Å². The van der Waals surface area contributed by atoms with E-state index >= 15 is 0 Å². The molecule has 23 heavy (non-hydrogen) atoms. The van der Waals surface area contributed by atoms with Crippen LogP contribution in [0.2, 0.25) is 0 Å². The van der Waals surface area contributed by atoms with Crippen molar-refractivity contribution in [1.82, 2.24) is 10.4 Å². The van der Waals surface area contributed by atoms with Gasteiger partial charge in [0.15, 0.2) is 0 Å². The third-order valence-electron chi connectivity index (χ3n) is 2.98. The van der Waals surface area contributed by atoms with Gasteiger partial charge in [-0.3, -0.25) is 14.9 Å². The predicted molar refractivity (Wildman–Crippen MR) is 87.8 cm³/mol. The number of carbonyl (C=O) groups excluding carboxylic acids is 1. The molecule has 2 heterocycles. The monoisotopic (exact) mass is 326 g/mol. The lowest BCUT2D eigenvalue weighted by Crippen LogP contribution is -2.18. The number of hydrazone groups is 1. The molecule has 0 saturated carbocycles. The Bertz CT molecular complexity index is 920. The highest BCUT2D eigenvalue weighted by Gasteiger charge is 2.09. The second-order valence-corrected chi connectivity index (χ2v) is 5.62. The summed E-state index contributed by atoms with van der Waals surface area (Å²) in [6, 6.07) is 13.8. The van der Waals surface area contributed by atoms with E-state index in [0.717, 1.165) is 22.2 Å². The minimum atomic E-state index is -0.473. The third kappa shape index (κ3) is 3.38. The summed E-state index contributed by atoms with van der Waals surface area (Å²) in [5, 5.41) is 15.3. The van der Waals surface area contributed by atoms with E-state index in [0.29, 0.717) is 4.88 Å². The number of fused-ring (bicyclic) bond motifs is 1. The van der Waals surface area contributed by atoms with Crippen LogP contribution in [0.1, 0.15) is 15.4 Å². The summed E-state index contributed by atoms with van der Waals surface area (Å²) in [5.74, 6) is -0.446. The highest BCUT2D eigenvalue weighted by Crippen LogP contribution is 2.22. The van der Waals surface area contributed by atoms with Crippen LogP contribution in [0.3, 0.4) is 0 Å². The number of amides is 1. The zero-order chi connectivity index (χ0) is 16.2. The summed E-state index contributed by atoms with van der Waals surface area (Å²) in [6.45, 7) is 0. The van der Waals surface area contributed by atoms with Gasteiger partial charge in [-0.05, 0) is 18.2 Å². The van der Waals surface area contributed by atoms with Crippen LogP contribution in [0.25, 0.3) is 10.9 Å². The summed E-state index contributed by atoms with van der Waals surface area (Å²) in [4.78, 5) is 26.9. The molecule has 0 aliphatic rings. The number of hydrogen-bond acceptors (Lipinski definition) is 6. The fourth-order valence-electron chi connectivity index (χ4n) is 1.91. The standard InChI is InChI=1S/C15H10N4O3S/c20-15(13-7-5-10-3-1-2-4-12(10)17-13)18-16-9-11-6-8-14(23-11)19(21)22/h1-9H,(H,18,20)/b16-9+. The van der Waals surface area contributed by atoms with E-state index in [4.69, 9.17) is 0 Å². The van der Waals surface area contributed by atoms with Gasteiger partial charge in [0, 0.05) is 11.5 Å². The average molecular weight is 326 g/mol. The molecule has 8 heteroatoms. The van der Waals surface area contributed by atoms with Crippen molar-refractivity contribution in [2.75, 3.05) is 0 Å². The van der Waals surface area contributed by atoms with E-state index in [-0.39, 0.29) is 10.7 Å². The summed E-state index contributed by atoms with van der Waals surface area (Å²) >= 11 is 0.975. The van der Waals surface area contributed by atoms with Gasteiger partial charge in [0.1, 0.15) is 5.69 Å². The van der Waals surface area contributed by atoms with Crippen LogP contribution in [-0.4, -0.2) is 22.0 Å². The molecule has 3 aromatic rings. The SMILES string of the molecule is O=C(N/N=C/c1ccc([N+](=O)[O-])s1)c1ccc2ccccc2n1. The van der Waals surface area contributed by atoms with E-state index in [9.17, 15) is 14.9 Å². The van der Waals surface area contributed by atoms with Crippen LogP contribution in [-0.2, 0) is 0 Å². The fourth-order valence-corrected chi connectivity index (χ4v) is 2.61. The van der Waals surface area contributed by atoms with Crippen molar-refractivity contribution >= 4 is 39.4 Å². The molecule has 1 aromatic carbocycles. The van der Waals surface area contributed by atoms with Gasteiger partial charge in [-0.2, -0.15) is 5.10 Å². The number of hydrogen-bond donors (Lipinski definition) is 1. The molecule has 0 fully saturated rings. The first-order valence-corrected chi connectivity index (χ1v) is 7.38. The number of aromatic nitrogens is 1. The summed E-state index contributed by atoms with van der Waals surface area (Å²) in [5.41, 5.74) is 3.32. The molecule has 0 unspecified atom stereocenters. The fraction of sp³-hybridized carbons (Fsp3) is 0. The highest BCUT2D eigenvalue weighted by atomic mass is 32.1. The number of nitrogens with one attached hydrogen (secondary N) is 1. The molecular weight excluding hydrogens is 316 g/mol. The average Bonchev–Trinajstić information content (AvgIpc) is 3.03. The van der Waals surface area contributed by atoms with Crippen molar-refractivity contribution in [3.63, 3.8) is 0 Å². The molecule has 0 spiro atoms. The lowest BCUT2D eigenvalue weighted by atomic mass is 10.2. The number of nitrogens with zero attached hydrogens (tertiary/aromatic N) is 3. The summed E-state index contributed by atoms with van der Waals surface area (Å²) in [6.07, 6.45) is 1.36. The molecule has 0 radical (unpaired) electrons. The Hall–Kier alpha value is -3.13. The minimum absolute atomic E-state index is 0.0222. The predicted octanol–water partition coefficient (Wildman–Crippen LogP) is 2.97. The molecule has 0 bridgehead atoms. The molecule has 0 atom stereocenters. The number of carbonyl (C=O) groups is 1. The Morgan fingerprint density at radius 2 is 2.04 bits per heavy atom. The van der Waals surface area contributed by atoms with Crippen molar-refractivity contribution < 1.29 is 9.72 Å². The van der Waals surface area contributed by atoms with Gasteiger partial charge in [-0.25, -0.2) is 10.4 Å². The van der Waals surface area contributed by atoms with E-state index in [1.807, 2.05) is 30.3 Å². The number of rotatable bonds is 4. The Kier molecular flexibility index (Phi) is 4.07. The largest absolute Gasteiger partial charge is 0.324 e. The quantitative estimate of drug-likeness (QED) is 0.453. The second kappa shape index (κ2) is 6.32. The lowest BCUT2D eigenvalue weighted by molar-refractivity contribution is -0.380. The molecule has 114 valence electrons. The van der Waals surface area contributed by atoms with Gasteiger partial charge < -0.3 is 0 Å². The van der Waals surface area contributed by atoms with E-state index < -0.39 is 10.8 Å². The third-order valence-corrected chi connectivity index (χ3v) is 3.95. The summed E-state index contributed by atoms with van der Waals surface area (Å²) < 4.78 is 0. The molecule has 2 aromatic heterocycles. The Morgan fingerprint density at radius 1 is 1.22 bits per heavy atom. The number of pyridine rings is 1. The minimum Gasteiger partial charge on any atom is -0.266 e. The van der Waals surface area contributed by atoms with Gasteiger partial charge in [0.05, 0.1) is 21.5 Å². The molecular formula is C15H10N4O3S. The van der Waals surface area contributed by atoms with Crippen molar-refractivity contribution in [1.29, 1.82) is 0 Å². The first-order valence-electron chi connectivity index (χ1n) is 6.57. The number of nitro groups is 1. The van der Waals surface area contributed by atoms with Crippen LogP contribution in [0, 0.1) is 10.1 Å². The Morgan fingerprint density at radius 3 is 2.83 bits per heavy atom. The number of thiophene rings is 1. The first-order chi connectivity index (χ1) is 11.1.